The van der Waals surface area contributed by atoms with Gasteiger partial charge in [0.05, 0.1) is 30.0 Å². The number of alkyl carbamates (subject to hydrolysis) is 1. The molecule has 5 N–H and O–H groups in total. The molecule has 0 saturated heterocycles. The Labute approximate surface area is 451 Å². The summed E-state index contributed by atoms with van der Waals surface area (Å²) in [4.78, 5) is 67.8. The summed E-state index contributed by atoms with van der Waals surface area (Å²) in [5, 5.41) is 8.26. The van der Waals surface area contributed by atoms with E-state index in [2.05, 4.69) is 16.0 Å². The first-order valence-electron chi connectivity index (χ1n) is 25.2. The van der Waals surface area contributed by atoms with Gasteiger partial charge in [-0.15, -0.1) is 0 Å². The number of anilines is 2. The van der Waals surface area contributed by atoms with E-state index in [1.54, 1.807) is 54.8 Å². The van der Waals surface area contributed by atoms with Gasteiger partial charge >= 0.3 is 18.4 Å². The summed E-state index contributed by atoms with van der Waals surface area (Å²) in [6, 6.07) is 32.8. The van der Waals surface area contributed by atoms with Gasteiger partial charge < -0.3 is 36.2 Å². The number of hydrogen-bond acceptors (Lipinski definition) is 7. The van der Waals surface area contributed by atoms with Gasteiger partial charge in [-0.2, -0.15) is 26.3 Å². The third-order valence-corrected chi connectivity index (χ3v) is 13.0. The summed E-state index contributed by atoms with van der Waals surface area (Å²) >= 11 is 0. The molecule has 2 aliphatic rings. The average molecular weight is 1100 g/mol. The van der Waals surface area contributed by atoms with Crippen LogP contribution in [-0.2, 0) is 87.9 Å². The van der Waals surface area contributed by atoms with Crippen molar-refractivity contribution in [2.45, 2.75) is 102 Å². The molecule has 2 aliphatic heterocycles. The van der Waals surface area contributed by atoms with Gasteiger partial charge in [-0.05, 0) is 121 Å². The maximum atomic E-state index is 14.0. The van der Waals surface area contributed by atoms with Crippen LogP contribution in [0.5, 0.6) is 0 Å². The highest BCUT2D eigenvalue weighted by molar-refractivity contribution is 5.94. The molecule has 12 nitrogen and oxygen atoms in total. The van der Waals surface area contributed by atoms with E-state index in [0.717, 1.165) is 51.6 Å². The molecule has 416 valence electrons. The van der Waals surface area contributed by atoms with Crippen molar-refractivity contribution in [1.29, 1.82) is 0 Å². The second-order valence-corrected chi connectivity index (χ2v) is 20.2. The molecule has 6 aromatic rings. The smallest absolute Gasteiger partial charge is 0.419 e. The third-order valence-electron chi connectivity index (χ3n) is 13.0. The number of nitrogens with zero attached hydrogens (tertiary/aromatic N) is 2. The highest BCUT2D eigenvalue weighted by atomic mass is 19.4. The van der Waals surface area contributed by atoms with E-state index in [9.17, 15) is 59.1 Å². The number of nitrogens with two attached hydrogens (primary N) is 1. The van der Waals surface area contributed by atoms with Crippen molar-refractivity contribution in [3.05, 3.63) is 201 Å². The zero-order valence-electron chi connectivity index (χ0n) is 43.4. The lowest BCUT2D eigenvalue weighted by Crippen LogP contribution is -2.51. The molecule has 0 bridgehead atoms. The summed E-state index contributed by atoms with van der Waals surface area (Å²) in [7, 11) is 0. The van der Waals surface area contributed by atoms with Crippen LogP contribution in [-0.4, -0.2) is 70.3 Å². The van der Waals surface area contributed by atoms with Crippen LogP contribution < -0.4 is 21.7 Å². The zero-order valence-corrected chi connectivity index (χ0v) is 43.4. The van der Waals surface area contributed by atoms with Gasteiger partial charge in [0.15, 0.2) is 0 Å². The molecule has 0 aliphatic carbocycles. The molecule has 8 rings (SSSR count). The number of amides is 5. The summed E-state index contributed by atoms with van der Waals surface area (Å²) in [5.74, 6) is -4.28. The molecule has 2 heterocycles. The van der Waals surface area contributed by atoms with Gasteiger partial charge in [-0.1, -0.05) is 97.1 Å². The van der Waals surface area contributed by atoms with Crippen molar-refractivity contribution in [1.82, 2.24) is 15.1 Å². The Morgan fingerprint density at radius 3 is 1.41 bits per heavy atom. The minimum Gasteiger partial charge on any atom is -0.444 e. The van der Waals surface area contributed by atoms with Crippen LogP contribution in [0.15, 0.2) is 133 Å². The normalized spacial score (nSPS) is 14.1. The van der Waals surface area contributed by atoms with E-state index in [1.165, 1.54) is 0 Å². The predicted octanol–water partition coefficient (Wildman–Crippen LogP) is 10.5. The van der Waals surface area contributed by atoms with Gasteiger partial charge in [-0.25, -0.2) is 13.6 Å². The highest BCUT2D eigenvalue weighted by Crippen LogP contribution is 2.34. The Morgan fingerprint density at radius 2 is 0.987 bits per heavy atom. The van der Waals surface area contributed by atoms with Crippen molar-refractivity contribution >= 4 is 41.1 Å². The Bertz CT molecular complexity index is 3170. The van der Waals surface area contributed by atoms with Crippen LogP contribution in [0.4, 0.5) is 51.3 Å². The molecule has 2 atom stereocenters. The second kappa shape index (κ2) is 25.1. The van der Waals surface area contributed by atoms with E-state index in [-0.39, 0.29) is 48.7 Å². The van der Waals surface area contributed by atoms with E-state index in [4.69, 9.17) is 10.5 Å². The lowest BCUT2D eigenvalue weighted by molar-refractivity contribution is -0.140. The lowest BCUT2D eigenvalue weighted by Gasteiger charge is -2.33. The molecule has 20 heteroatoms. The van der Waals surface area contributed by atoms with Crippen LogP contribution >= 0.6 is 0 Å². The number of alkyl halides is 6. The first kappa shape index (κ1) is 58.6. The van der Waals surface area contributed by atoms with E-state index in [0.29, 0.717) is 68.5 Å². The number of hydrogen-bond donors (Lipinski definition) is 4. The number of carbonyl (C=O) groups excluding carboxylic acids is 5. The van der Waals surface area contributed by atoms with Crippen LogP contribution in [0.2, 0.25) is 0 Å². The largest absolute Gasteiger partial charge is 0.444 e. The highest BCUT2D eigenvalue weighted by Gasteiger charge is 2.36. The van der Waals surface area contributed by atoms with Crippen molar-refractivity contribution in [3.63, 3.8) is 0 Å². The molecular weight excluding hydrogens is 1040 g/mol. The molecule has 0 aromatic heterocycles. The standard InChI is InChI=1S/C32H33F4N3O4.C27H25F4N3O2/c1-31(2,3)43-30(42)38-27(17-20-8-5-4-6-9-20)29(41)39-15-14-23-22(19-39)10-7-11-26(23)37-28(40)18-21-12-13-24(25(33)16-21)32(34,35)36;28-22-13-18(9-10-21(22)27(29,30)31)15-25(35)33-24-8-4-7-19-16-34(12-11-20(19)24)26(36)23(32)14-17-5-2-1-3-6-17/h4-13,16,27H,14-15,17-19H2,1-3H3,(H,37,40)(H,38,42);1-10,13,23H,11-12,14-16,32H2,(H,33,35)/t27-;23-/m00/s1. The van der Waals surface area contributed by atoms with Crippen LogP contribution in [0.1, 0.15) is 76.4 Å². The lowest BCUT2D eigenvalue weighted by atomic mass is 9.96. The number of halogens is 8. The Morgan fingerprint density at radius 1 is 0.557 bits per heavy atom. The molecule has 0 spiro atoms. The Hall–Kier alpha value is -8.13. The van der Waals surface area contributed by atoms with E-state index in [1.807, 2.05) is 72.8 Å². The van der Waals surface area contributed by atoms with Gasteiger partial charge in [0, 0.05) is 44.0 Å². The first-order chi connectivity index (χ1) is 37.3. The van der Waals surface area contributed by atoms with Gasteiger partial charge in [0.1, 0.15) is 23.3 Å². The minimum absolute atomic E-state index is 0.103. The third kappa shape index (κ3) is 16.2. The fraction of sp³-hybridized carbons (Fsp3) is 0.305. The topological polar surface area (TPSA) is 163 Å². The molecule has 0 fully saturated rings. The molecular formula is C59H58F8N6O6. The molecule has 0 unspecified atom stereocenters. The van der Waals surface area contributed by atoms with Gasteiger partial charge in [0.25, 0.3) is 0 Å². The molecule has 6 aromatic carbocycles. The van der Waals surface area contributed by atoms with Gasteiger partial charge in [0.2, 0.25) is 23.6 Å². The quantitative estimate of drug-likeness (QED) is 0.0837. The Kier molecular flexibility index (Phi) is 18.6. The second-order valence-electron chi connectivity index (χ2n) is 20.2. The van der Waals surface area contributed by atoms with Crippen molar-refractivity contribution in [3.8, 4) is 0 Å². The molecule has 5 amide bonds. The minimum atomic E-state index is -4.82. The van der Waals surface area contributed by atoms with E-state index < -0.39 is 70.7 Å². The molecule has 0 radical (unpaired) electrons. The summed E-state index contributed by atoms with van der Waals surface area (Å²) in [6.07, 6.45) is -9.30. The van der Waals surface area contributed by atoms with Crippen LogP contribution in [0.25, 0.3) is 0 Å². The molecule has 79 heavy (non-hydrogen) atoms. The fourth-order valence-electron chi connectivity index (χ4n) is 9.30. The number of carbonyl (C=O) groups is 5. The SMILES string of the molecule is CC(C)(C)OC(=O)N[C@@H](Cc1ccccc1)C(=O)N1CCc2c(cccc2NC(=O)Cc2ccc(C(F)(F)F)c(F)c2)C1.N[C@@H](Cc1ccccc1)C(=O)N1CCc2c(cccc2NC(=O)Cc2ccc(C(F)(F)F)c(F)c2)C1. The number of ether oxygens (including phenoxy) is 1. The fourth-order valence-corrected chi connectivity index (χ4v) is 9.30. The van der Waals surface area contributed by atoms with Crippen molar-refractivity contribution in [2.24, 2.45) is 5.73 Å². The van der Waals surface area contributed by atoms with Crippen LogP contribution in [0, 0.1) is 11.6 Å². The molecule has 0 saturated carbocycles. The maximum Gasteiger partial charge on any atom is 0.419 e. The zero-order chi connectivity index (χ0) is 57.2. The van der Waals surface area contributed by atoms with Crippen molar-refractivity contribution in [2.75, 3.05) is 23.7 Å². The van der Waals surface area contributed by atoms with Crippen LogP contribution in [0.3, 0.4) is 0 Å². The van der Waals surface area contributed by atoms with E-state index >= 15 is 0 Å². The predicted molar refractivity (Wildman–Crippen MR) is 280 cm³/mol. The monoisotopic (exact) mass is 1100 g/mol. The van der Waals surface area contributed by atoms with Crippen molar-refractivity contribution < 1.29 is 63.8 Å². The summed E-state index contributed by atoms with van der Waals surface area (Å²) in [6.45, 7) is 6.56. The number of fused-ring (bicyclic) bond motifs is 2. The average Bonchev–Trinajstić information content (AvgIpc) is 3.44. The number of rotatable bonds is 13. The maximum absolute atomic E-state index is 14.0. The number of benzene rings is 6. The van der Waals surface area contributed by atoms with Gasteiger partial charge in [-0.3, -0.25) is 19.2 Å². The number of nitrogens with one attached hydrogen (secondary N) is 3. The first-order valence-corrected chi connectivity index (χ1v) is 25.2. The Balaban J connectivity index is 0.000000232. The summed E-state index contributed by atoms with van der Waals surface area (Å²) in [5.41, 5.74) is 9.20. The summed E-state index contributed by atoms with van der Waals surface area (Å²) < 4.78 is 110.